The molecule has 0 aliphatic rings. The average molecular weight is 988 g/mol. The van der Waals surface area contributed by atoms with Crippen molar-refractivity contribution in [3.05, 3.63) is 271 Å². The molecule has 0 unspecified atom stereocenters. The molecule has 9 aromatic rings. The number of hydrogen-bond acceptors (Lipinski definition) is 3. The maximum absolute atomic E-state index is 13.2. The zero-order valence-electron chi connectivity index (χ0n) is 35.6. The van der Waals surface area contributed by atoms with Gasteiger partial charge in [-0.3, -0.25) is 0 Å². The third kappa shape index (κ3) is 11.4. The van der Waals surface area contributed by atoms with Crippen molar-refractivity contribution in [2.45, 2.75) is 0 Å². The van der Waals surface area contributed by atoms with Crippen molar-refractivity contribution in [3.8, 4) is 0 Å². The van der Waals surface area contributed by atoms with Crippen LogP contribution in [0.5, 0.6) is 0 Å². The van der Waals surface area contributed by atoms with Gasteiger partial charge in [-0.25, -0.2) is 26.3 Å². The van der Waals surface area contributed by atoms with Crippen molar-refractivity contribution < 1.29 is 59.3 Å². The van der Waals surface area contributed by atoms with E-state index in [4.69, 9.17) is 0 Å². The second kappa shape index (κ2) is 22.4. The summed E-state index contributed by atoms with van der Waals surface area (Å²) in [7, 11) is -9.77. The normalized spacial score (nSPS) is 11.2. The van der Waals surface area contributed by atoms with Gasteiger partial charge in [0.1, 0.15) is 34.9 Å². The molecule has 0 heterocycles. The Morgan fingerprint density at radius 2 is 0.313 bits per heavy atom. The number of rotatable bonds is 9. The van der Waals surface area contributed by atoms with E-state index in [1.54, 1.807) is 0 Å². The monoisotopic (exact) mass is 987 g/mol. The van der Waals surface area contributed by atoms with Crippen LogP contribution in [0.2, 0.25) is 0 Å². The molecule has 9 rings (SSSR count). The summed E-state index contributed by atoms with van der Waals surface area (Å²) >= 11 is 0. The van der Waals surface area contributed by atoms with E-state index < -0.39 is 59.9 Å². The third-order valence-electron chi connectivity index (χ3n) is 11.1. The number of halogens is 6. The van der Waals surface area contributed by atoms with Gasteiger partial charge in [-0.1, -0.05) is 164 Å². The molecule has 0 saturated carbocycles. The Hall–Kier alpha value is -6.32. The van der Waals surface area contributed by atoms with Crippen LogP contribution in [-0.2, 0) is 18.6 Å². The average Bonchev–Trinajstić information content (AvgIpc) is 3.36. The van der Waals surface area contributed by atoms with E-state index >= 15 is 0 Å². The first-order valence-electron chi connectivity index (χ1n) is 20.7. The SMILES string of the molecule is O[Si](c1ccc(F)cc1)(c1ccc(F)cc1)c1ccc(F)cc1.O[Si](c1ccc(F)cc1)(c1ccc(F)cc1)c1ccc(F)cc1.O[Si](c1ccccc1)(c1ccccc1)c1ccccc1.[V]. The van der Waals surface area contributed by atoms with E-state index in [0.717, 1.165) is 15.6 Å². The molecule has 1 radical (unpaired) electrons. The van der Waals surface area contributed by atoms with Crippen molar-refractivity contribution in [1.82, 2.24) is 0 Å². The summed E-state index contributed by atoms with van der Waals surface area (Å²) in [6.07, 6.45) is 0. The first kappa shape index (κ1) is 50.1. The second-order valence-corrected chi connectivity index (χ2v) is 24.7. The Labute approximate surface area is 400 Å². The van der Waals surface area contributed by atoms with Gasteiger partial charge in [0.2, 0.25) is 0 Å². The van der Waals surface area contributed by atoms with Crippen molar-refractivity contribution in [2.24, 2.45) is 0 Å². The van der Waals surface area contributed by atoms with Crippen molar-refractivity contribution in [3.63, 3.8) is 0 Å². The van der Waals surface area contributed by atoms with Crippen molar-refractivity contribution in [1.29, 1.82) is 0 Å². The maximum Gasteiger partial charge on any atom is 0.285 e. The molecule has 0 aliphatic carbocycles. The van der Waals surface area contributed by atoms with Crippen LogP contribution in [0.1, 0.15) is 0 Å². The molecule has 0 aromatic heterocycles. The molecular formula is C54H42F6O3Si3V. The molecule has 3 nitrogen and oxygen atoms in total. The van der Waals surface area contributed by atoms with Crippen LogP contribution in [0.4, 0.5) is 26.3 Å². The van der Waals surface area contributed by atoms with Gasteiger partial charge in [0.15, 0.2) is 0 Å². The van der Waals surface area contributed by atoms with E-state index in [1.165, 1.54) is 146 Å². The summed E-state index contributed by atoms with van der Waals surface area (Å²) in [5.74, 6) is -2.48. The first-order valence-corrected chi connectivity index (χ1v) is 26.6. The van der Waals surface area contributed by atoms with Gasteiger partial charge < -0.3 is 14.4 Å². The number of hydrogen-bond donors (Lipinski definition) is 3. The Morgan fingerprint density at radius 1 is 0.194 bits per heavy atom. The zero-order chi connectivity index (χ0) is 46.7. The molecule has 335 valence electrons. The number of benzene rings is 9. The van der Waals surface area contributed by atoms with Crippen LogP contribution in [0.3, 0.4) is 0 Å². The van der Waals surface area contributed by atoms with Gasteiger partial charge in [-0.2, -0.15) is 0 Å². The van der Waals surface area contributed by atoms with Crippen LogP contribution < -0.4 is 46.7 Å². The van der Waals surface area contributed by atoms with Crippen LogP contribution in [0.15, 0.2) is 237 Å². The summed E-state index contributed by atoms with van der Waals surface area (Å²) in [6, 6.07) is 63.2. The fraction of sp³-hybridized carbons (Fsp3) is 0. The van der Waals surface area contributed by atoms with E-state index in [1.807, 2.05) is 91.0 Å². The minimum atomic E-state index is -3.45. The molecular weight excluding hydrogens is 946 g/mol. The quantitative estimate of drug-likeness (QED) is 0.0980. The fourth-order valence-electron chi connectivity index (χ4n) is 7.68. The molecule has 0 spiro atoms. The van der Waals surface area contributed by atoms with Crippen LogP contribution in [0, 0.1) is 34.9 Å². The minimum absolute atomic E-state index is 0. The first-order chi connectivity index (χ1) is 31.8. The molecule has 0 bridgehead atoms. The largest absolute Gasteiger partial charge is 0.421 e. The standard InChI is InChI=1S/2C18H13F3OSi.C18H16OSi.V/c2*19-13-1-7-16(8-2-13)23(22,17-9-3-14(20)4-10-17)18-11-5-15(21)6-12-18;19-20(16-10-4-1-5-11-16,17-12-6-2-7-13-17)18-14-8-3-9-15-18;/h2*1-12,22H;1-15,19H;. The third-order valence-corrected chi connectivity index (χ3v) is 21.7. The summed E-state index contributed by atoms with van der Waals surface area (Å²) in [4.78, 5) is 34.5. The van der Waals surface area contributed by atoms with Gasteiger partial charge in [0, 0.05) is 18.6 Å². The topological polar surface area (TPSA) is 60.7 Å². The van der Waals surface area contributed by atoms with Gasteiger partial charge in [0.05, 0.1) is 0 Å². The maximum atomic E-state index is 13.2. The van der Waals surface area contributed by atoms with Crippen LogP contribution >= 0.6 is 0 Å². The van der Waals surface area contributed by atoms with Gasteiger partial charge in [-0.05, 0) is 119 Å². The predicted octanol–water partition coefficient (Wildman–Crippen LogP) is 5.77. The van der Waals surface area contributed by atoms with Crippen LogP contribution in [0.25, 0.3) is 0 Å². The Kier molecular flexibility index (Phi) is 16.8. The predicted molar refractivity (Wildman–Crippen MR) is 258 cm³/mol. The molecule has 0 saturated heterocycles. The molecule has 0 fully saturated rings. The summed E-state index contributed by atoms with van der Waals surface area (Å²) in [5.41, 5.74) is 0. The van der Waals surface area contributed by atoms with Crippen LogP contribution in [-0.4, -0.2) is 39.3 Å². The van der Waals surface area contributed by atoms with Crippen molar-refractivity contribution in [2.75, 3.05) is 0 Å². The Balaban J connectivity index is 0.000000165. The fourth-order valence-corrected chi connectivity index (χ4v) is 16.6. The second-order valence-electron chi connectivity index (χ2n) is 15.3. The summed E-state index contributed by atoms with van der Waals surface area (Å²) < 4.78 is 79.3. The molecule has 9 aromatic carbocycles. The minimum Gasteiger partial charge on any atom is -0.421 e. The van der Waals surface area contributed by atoms with E-state index in [0.29, 0.717) is 31.1 Å². The summed E-state index contributed by atoms with van der Waals surface area (Å²) in [6.45, 7) is 0. The Bertz CT molecular complexity index is 2460. The molecule has 0 amide bonds. The zero-order valence-corrected chi connectivity index (χ0v) is 40.0. The molecule has 13 heteroatoms. The van der Waals surface area contributed by atoms with E-state index in [2.05, 4.69) is 0 Å². The molecule has 3 N–H and O–H groups in total. The van der Waals surface area contributed by atoms with E-state index in [-0.39, 0.29) is 18.6 Å². The van der Waals surface area contributed by atoms with E-state index in [9.17, 15) is 40.7 Å². The van der Waals surface area contributed by atoms with Crippen molar-refractivity contribution >= 4 is 71.6 Å². The van der Waals surface area contributed by atoms with Gasteiger partial charge >= 0.3 is 0 Å². The Morgan fingerprint density at radius 3 is 0.448 bits per heavy atom. The molecule has 0 aliphatic heterocycles. The molecule has 0 atom stereocenters. The molecule has 67 heavy (non-hydrogen) atoms. The summed E-state index contributed by atoms with van der Waals surface area (Å²) in [5, 5.41) is 6.27. The van der Waals surface area contributed by atoms with Gasteiger partial charge in [0.25, 0.3) is 25.0 Å². The van der Waals surface area contributed by atoms with Gasteiger partial charge in [-0.15, -0.1) is 0 Å². The smallest absolute Gasteiger partial charge is 0.285 e.